The summed E-state index contributed by atoms with van der Waals surface area (Å²) in [6, 6.07) is 8.71. The van der Waals surface area contributed by atoms with E-state index in [1.807, 2.05) is 19.1 Å². The van der Waals surface area contributed by atoms with Crippen LogP contribution in [0, 0.1) is 0 Å². The molecule has 0 aromatic heterocycles. The number of benzene rings is 2. The minimum atomic E-state index is -0.123. The van der Waals surface area contributed by atoms with Gasteiger partial charge in [-0.1, -0.05) is 0 Å². The van der Waals surface area contributed by atoms with Crippen LogP contribution in [-0.2, 0) is 0 Å². The van der Waals surface area contributed by atoms with Crippen molar-refractivity contribution in [2.24, 2.45) is 0 Å². The lowest BCUT2D eigenvalue weighted by Gasteiger charge is -2.21. The van der Waals surface area contributed by atoms with Gasteiger partial charge in [0.1, 0.15) is 19.0 Å². The van der Waals surface area contributed by atoms with Crippen molar-refractivity contribution in [3.05, 3.63) is 47.0 Å². The average molecular weight is 369 g/mol. The van der Waals surface area contributed by atoms with E-state index < -0.39 is 0 Å². The van der Waals surface area contributed by atoms with Gasteiger partial charge in [0.25, 0.3) is 0 Å². The Bertz CT molecular complexity index is 888. The Kier molecular flexibility index (Phi) is 5.54. The number of Topliss-reactive ketones (excluding diaryl/α,β-unsaturated/α-hetero) is 1. The van der Waals surface area contributed by atoms with Crippen LogP contribution in [0.2, 0.25) is 0 Å². The number of nitrogens with two attached hydrogens (primary N) is 1. The van der Waals surface area contributed by atoms with Gasteiger partial charge in [0.05, 0.1) is 19.4 Å². The molecule has 2 N–H and O–H groups in total. The molecule has 27 heavy (non-hydrogen) atoms. The van der Waals surface area contributed by atoms with Gasteiger partial charge in [-0.15, -0.1) is 0 Å². The number of anilines is 1. The zero-order valence-electron chi connectivity index (χ0n) is 15.7. The first-order chi connectivity index (χ1) is 13.0. The number of methoxy groups -OCH3 is 1. The van der Waals surface area contributed by atoms with Crippen LogP contribution in [0.5, 0.6) is 23.0 Å². The molecule has 0 saturated heterocycles. The SMILES string of the molecule is CCOc1ccc(C(=O)C(C)=Cc2ccc3c(c2OC)OCCO3)cc1N. The number of rotatable bonds is 6. The Labute approximate surface area is 158 Å². The van der Waals surface area contributed by atoms with E-state index in [4.69, 9.17) is 24.7 Å². The normalized spacial score (nSPS) is 13.2. The molecule has 2 aromatic rings. The molecule has 3 rings (SSSR count). The third kappa shape index (κ3) is 3.84. The lowest BCUT2D eigenvalue weighted by atomic mass is 10.0. The number of fused-ring (bicyclic) bond motifs is 1. The summed E-state index contributed by atoms with van der Waals surface area (Å²) in [6.45, 7) is 5.11. The first kappa shape index (κ1) is 18.6. The van der Waals surface area contributed by atoms with Crippen LogP contribution in [-0.4, -0.2) is 32.7 Å². The highest BCUT2D eigenvalue weighted by Crippen LogP contribution is 2.42. The maximum Gasteiger partial charge on any atom is 0.204 e. The first-order valence-corrected chi connectivity index (χ1v) is 8.77. The van der Waals surface area contributed by atoms with Crippen LogP contribution in [0.15, 0.2) is 35.9 Å². The summed E-state index contributed by atoms with van der Waals surface area (Å²) in [5.41, 5.74) is 8.20. The van der Waals surface area contributed by atoms with Gasteiger partial charge in [0, 0.05) is 11.1 Å². The molecule has 6 nitrogen and oxygen atoms in total. The van der Waals surface area contributed by atoms with Crippen LogP contribution in [0.25, 0.3) is 6.08 Å². The highest BCUT2D eigenvalue weighted by molar-refractivity contribution is 6.11. The maximum atomic E-state index is 12.8. The molecule has 0 amide bonds. The molecular weight excluding hydrogens is 346 g/mol. The van der Waals surface area contributed by atoms with Gasteiger partial charge in [-0.25, -0.2) is 0 Å². The lowest BCUT2D eigenvalue weighted by molar-refractivity contribution is 0.103. The number of carbonyl (C=O) groups is 1. The number of nitrogen functional groups attached to an aromatic ring is 1. The van der Waals surface area contributed by atoms with E-state index in [1.165, 1.54) is 0 Å². The highest BCUT2D eigenvalue weighted by atomic mass is 16.6. The fourth-order valence-electron chi connectivity index (χ4n) is 2.93. The fraction of sp³-hybridized carbons (Fsp3) is 0.286. The summed E-state index contributed by atoms with van der Waals surface area (Å²) >= 11 is 0. The maximum absolute atomic E-state index is 12.8. The Morgan fingerprint density at radius 3 is 2.70 bits per heavy atom. The predicted molar refractivity (Wildman–Crippen MR) is 104 cm³/mol. The van der Waals surface area contributed by atoms with E-state index in [-0.39, 0.29) is 5.78 Å². The second kappa shape index (κ2) is 8.03. The topological polar surface area (TPSA) is 80.0 Å². The minimum absolute atomic E-state index is 0.123. The van der Waals surface area contributed by atoms with E-state index in [0.717, 1.165) is 5.56 Å². The van der Waals surface area contributed by atoms with Gasteiger partial charge in [-0.05, 0) is 55.8 Å². The number of ether oxygens (including phenoxy) is 4. The number of ketones is 1. The van der Waals surface area contributed by atoms with Crippen LogP contribution in [0.1, 0.15) is 29.8 Å². The number of allylic oxidation sites excluding steroid dienone is 1. The van der Waals surface area contributed by atoms with E-state index in [9.17, 15) is 4.79 Å². The van der Waals surface area contributed by atoms with Gasteiger partial charge in [0.15, 0.2) is 17.3 Å². The van der Waals surface area contributed by atoms with Crippen molar-refractivity contribution in [1.29, 1.82) is 0 Å². The zero-order chi connectivity index (χ0) is 19.4. The molecule has 0 atom stereocenters. The third-order valence-corrected chi connectivity index (χ3v) is 4.20. The van der Waals surface area contributed by atoms with Crippen molar-refractivity contribution in [3.8, 4) is 23.0 Å². The Balaban J connectivity index is 1.91. The van der Waals surface area contributed by atoms with Crippen molar-refractivity contribution >= 4 is 17.5 Å². The van der Waals surface area contributed by atoms with Crippen molar-refractivity contribution < 1.29 is 23.7 Å². The molecule has 1 aliphatic rings. The first-order valence-electron chi connectivity index (χ1n) is 8.77. The quantitative estimate of drug-likeness (QED) is 0.475. The second-order valence-corrected chi connectivity index (χ2v) is 6.05. The van der Waals surface area contributed by atoms with Gasteiger partial charge in [-0.3, -0.25) is 4.79 Å². The zero-order valence-corrected chi connectivity index (χ0v) is 15.7. The smallest absolute Gasteiger partial charge is 0.204 e. The molecule has 1 heterocycles. The molecule has 6 heteroatoms. The standard InChI is InChI=1S/C21H23NO5/c1-4-25-17-7-5-14(12-16(17)22)19(23)13(2)11-15-6-8-18-21(20(15)24-3)27-10-9-26-18/h5-8,11-12H,4,9-10,22H2,1-3H3. The Morgan fingerprint density at radius 2 is 2.00 bits per heavy atom. The lowest BCUT2D eigenvalue weighted by Crippen LogP contribution is -2.16. The van der Waals surface area contributed by atoms with E-state index in [0.29, 0.717) is 59.6 Å². The highest BCUT2D eigenvalue weighted by Gasteiger charge is 2.20. The molecule has 2 aromatic carbocycles. The molecule has 0 spiro atoms. The summed E-state index contributed by atoms with van der Waals surface area (Å²) in [5.74, 6) is 2.19. The van der Waals surface area contributed by atoms with E-state index in [2.05, 4.69) is 0 Å². The number of hydrogen-bond acceptors (Lipinski definition) is 6. The van der Waals surface area contributed by atoms with E-state index >= 15 is 0 Å². The molecule has 1 aliphatic heterocycles. The van der Waals surface area contributed by atoms with E-state index in [1.54, 1.807) is 38.3 Å². The average Bonchev–Trinajstić information content (AvgIpc) is 2.68. The van der Waals surface area contributed by atoms with Gasteiger partial charge in [0.2, 0.25) is 5.75 Å². The molecule has 0 saturated carbocycles. The molecule has 0 aliphatic carbocycles. The van der Waals surface area contributed by atoms with Crippen molar-refractivity contribution in [2.45, 2.75) is 13.8 Å². The summed E-state index contributed by atoms with van der Waals surface area (Å²) in [7, 11) is 1.56. The van der Waals surface area contributed by atoms with Crippen molar-refractivity contribution in [3.63, 3.8) is 0 Å². The fourth-order valence-corrected chi connectivity index (χ4v) is 2.93. The summed E-state index contributed by atoms with van der Waals surface area (Å²) in [6.07, 6.45) is 1.77. The largest absolute Gasteiger partial charge is 0.492 e. The summed E-state index contributed by atoms with van der Waals surface area (Å²) in [4.78, 5) is 12.8. The second-order valence-electron chi connectivity index (χ2n) is 6.05. The monoisotopic (exact) mass is 369 g/mol. The number of hydrogen-bond donors (Lipinski definition) is 1. The van der Waals surface area contributed by atoms with Crippen molar-refractivity contribution in [1.82, 2.24) is 0 Å². The molecule has 0 unspecified atom stereocenters. The van der Waals surface area contributed by atoms with Gasteiger partial charge >= 0.3 is 0 Å². The Morgan fingerprint density at radius 1 is 1.22 bits per heavy atom. The van der Waals surface area contributed by atoms with Crippen LogP contribution < -0.4 is 24.7 Å². The van der Waals surface area contributed by atoms with Gasteiger partial charge in [-0.2, -0.15) is 0 Å². The predicted octanol–water partition coefficient (Wildman–Crippen LogP) is 3.73. The molecule has 0 radical (unpaired) electrons. The molecule has 142 valence electrons. The summed E-state index contributed by atoms with van der Waals surface area (Å²) < 4.78 is 22.2. The Hall–Kier alpha value is -3.15. The van der Waals surface area contributed by atoms with Crippen LogP contribution in [0.3, 0.4) is 0 Å². The van der Waals surface area contributed by atoms with Gasteiger partial charge < -0.3 is 24.7 Å². The van der Waals surface area contributed by atoms with Crippen molar-refractivity contribution in [2.75, 3.05) is 32.7 Å². The van der Waals surface area contributed by atoms with Crippen LogP contribution >= 0.6 is 0 Å². The molecule has 0 bridgehead atoms. The molecular formula is C21H23NO5. The third-order valence-electron chi connectivity index (χ3n) is 4.20. The number of carbonyl (C=O) groups excluding carboxylic acids is 1. The van der Waals surface area contributed by atoms with Crippen LogP contribution in [0.4, 0.5) is 5.69 Å². The molecule has 0 fully saturated rings. The minimum Gasteiger partial charge on any atom is -0.492 e. The summed E-state index contributed by atoms with van der Waals surface area (Å²) in [5, 5.41) is 0.